The third-order valence-electron chi connectivity index (χ3n) is 4.66. The Morgan fingerprint density at radius 2 is 1.67 bits per heavy atom. The highest BCUT2D eigenvalue weighted by atomic mass is 16.6. The van der Waals surface area contributed by atoms with Crippen LogP contribution >= 0.6 is 0 Å². The number of anilines is 2. The summed E-state index contributed by atoms with van der Waals surface area (Å²) in [5, 5.41) is 9.75. The third-order valence-corrected chi connectivity index (χ3v) is 4.66. The lowest BCUT2D eigenvalue weighted by atomic mass is 9.93. The van der Waals surface area contributed by atoms with Gasteiger partial charge in [-0.1, -0.05) is 57.1 Å². The number of nitrogens with one attached hydrogen (secondary N) is 2. The van der Waals surface area contributed by atoms with Gasteiger partial charge in [0.2, 0.25) is 0 Å². The van der Waals surface area contributed by atoms with E-state index in [-0.39, 0.29) is 23.9 Å². The van der Waals surface area contributed by atoms with Crippen LogP contribution in [0.5, 0.6) is 6.08 Å². The van der Waals surface area contributed by atoms with Gasteiger partial charge in [0.1, 0.15) is 0 Å². The highest BCUT2D eigenvalue weighted by Gasteiger charge is 2.16. The van der Waals surface area contributed by atoms with Gasteiger partial charge in [0.05, 0.1) is 12.8 Å². The van der Waals surface area contributed by atoms with Crippen LogP contribution in [0.25, 0.3) is 5.69 Å². The van der Waals surface area contributed by atoms with Gasteiger partial charge >= 0.3 is 17.9 Å². The molecule has 0 saturated carbocycles. The van der Waals surface area contributed by atoms with Gasteiger partial charge in [0.15, 0.2) is 0 Å². The fraction of sp³-hybridized carbons (Fsp3) is 0.318. The first kappa shape index (κ1) is 21.2. The van der Waals surface area contributed by atoms with E-state index in [1.54, 1.807) is 24.3 Å². The van der Waals surface area contributed by atoms with Crippen LogP contribution < -0.4 is 21.1 Å². The van der Waals surface area contributed by atoms with Crippen molar-refractivity contribution in [2.45, 2.75) is 39.5 Å². The first-order chi connectivity index (χ1) is 14.3. The standard InChI is InChI=1S/C22H26N4O4/c1-13(2)17-10-7-11-18(14(3)4)19(17)24-20(27)23-15-8-6-9-16(12-15)26-22(28)30-21(25-26)29-5/h6-14H,1-5H3,(H2,23,24,27). The number of ether oxygens (including phenoxy) is 1. The number of amides is 2. The topological polar surface area (TPSA) is 98.4 Å². The second-order valence-electron chi connectivity index (χ2n) is 7.50. The van der Waals surface area contributed by atoms with E-state index in [0.717, 1.165) is 21.5 Å². The number of rotatable bonds is 6. The van der Waals surface area contributed by atoms with Gasteiger partial charge in [-0.2, -0.15) is 4.68 Å². The summed E-state index contributed by atoms with van der Waals surface area (Å²) in [7, 11) is 1.36. The maximum Gasteiger partial charge on any atom is 0.444 e. The molecule has 1 aromatic heterocycles. The van der Waals surface area contributed by atoms with Gasteiger partial charge < -0.3 is 19.8 Å². The Morgan fingerprint density at radius 1 is 1.03 bits per heavy atom. The molecular weight excluding hydrogens is 384 g/mol. The minimum atomic E-state index is -0.680. The molecule has 158 valence electrons. The van der Waals surface area contributed by atoms with E-state index in [1.165, 1.54) is 7.11 Å². The van der Waals surface area contributed by atoms with Crippen LogP contribution in [0.1, 0.15) is 50.7 Å². The second kappa shape index (κ2) is 8.86. The predicted octanol–water partition coefficient (Wildman–Crippen LogP) is 4.72. The number of benzene rings is 2. The van der Waals surface area contributed by atoms with E-state index in [0.29, 0.717) is 11.4 Å². The van der Waals surface area contributed by atoms with Crippen molar-refractivity contribution in [3.63, 3.8) is 0 Å². The molecule has 8 nitrogen and oxygen atoms in total. The molecule has 0 saturated heterocycles. The molecule has 8 heteroatoms. The summed E-state index contributed by atoms with van der Waals surface area (Å²) in [4.78, 5) is 24.7. The zero-order valence-corrected chi connectivity index (χ0v) is 17.7. The lowest BCUT2D eigenvalue weighted by Gasteiger charge is -2.20. The van der Waals surface area contributed by atoms with Crippen molar-refractivity contribution in [2.24, 2.45) is 0 Å². The summed E-state index contributed by atoms with van der Waals surface area (Å²) >= 11 is 0. The van der Waals surface area contributed by atoms with E-state index in [2.05, 4.69) is 43.4 Å². The zero-order valence-electron chi connectivity index (χ0n) is 17.7. The van der Waals surface area contributed by atoms with Crippen molar-refractivity contribution < 1.29 is 13.9 Å². The van der Waals surface area contributed by atoms with Gasteiger partial charge in [-0.05, 0) is 41.2 Å². The molecular formula is C22H26N4O4. The van der Waals surface area contributed by atoms with E-state index < -0.39 is 5.76 Å². The van der Waals surface area contributed by atoms with Crippen LogP contribution in [0.2, 0.25) is 0 Å². The summed E-state index contributed by atoms with van der Waals surface area (Å²) in [6, 6.07) is 12.4. The molecule has 30 heavy (non-hydrogen) atoms. The van der Waals surface area contributed by atoms with Crippen LogP contribution in [0, 0.1) is 0 Å². The minimum Gasteiger partial charge on any atom is -0.452 e. The van der Waals surface area contributed by atoms with Crippen LogP contribution in [0.4, 0.5) is 16.2 Å². The van der Waals surface area contributed by atoms with Crippen molar-refractivity contribution in [1.29, 1.82) is 0 Å². The summed E-state index contributed by atoms with van der Waals surface area (Å²) < 4.78 is 10.8. The molecule has 0 bridgehead atoms. The first-order valence-corrected chi connectivity index (χ1v) is 9.75. The van der Waals surface area contributed by atoms with Gasteiger partial charge in [-0.25, -0.2) is 9.59 Å². The van der Waals surface area contributed by atoms with Gasteiger partial charge in [-0.15, -0.1) is 0 Å². The molecule has 2 aromatic carbocycles. The molecule has 1 heterocycles. The largest absolute Gasteiger partial charge is 0.452 e. The molecule has 3 aromatic rings. The van der Waals surface area contributed by atoms with Gasteiger partial charge in [0, 0.05) is 11.4 Å². The average Bonchev–Trinajstić information content (AvgIpc) is 3.08. The fourth-order valence-electron chi connectivity index (χ4n) is 3.19. The Bertz CT molecular complexity index is 1070. The van der Waals surface area contributed by atoms with Crippen molar-refractivity contribution in [3.05, 3.63) is 64.1 Å². The van der Waals surface area contributed by atoms with Crippen LogP contribution in [0.15, 0.2) is 51.7 Å². The molecule has 0 radical (unpaired) electrons. The maximum atomic E-state index is 12.8. The molecule has 3 rings (SSSR count). The molecule has 2 N–H and O–H groups in total. The molecule has 0 aliphatic heterocycles. The Labute approximate surface area is 174 Å². The van der Waals surface area contributed by atoms with E-state index in [1.807, 2.05) is 18.2 Å². The molecule has 0 aliphatic carbocycles. The number of carbonyl (C=O) groups is 1. The smallest absolute Gasteiger partial charge is 0.444 e. The lowest BCUT2D eigenvalue weighted by Crippen LogP contribution is -2.22. The van der Waals surface area contributed by atoms with Crippen molar-refractivity contribution in [2.75, 3.05) is 17.7 Å². The normalized spacial score (nSPS) is 11.0. The third kappa shape index (κ3) is 4.53. The average molecular weight is 410 g/mol. The molecule has 0 fully saturated rings. The minimum absolute atomic E-state index is 0.136. The van der Waals surface area contributed by atoms with Gasteiger partial charge in [0.25, 0.3) is 0 Å². The summed E-state index contributed by atoms with van der Waals surface area (Å²) in [6.07, 6.45) is -0.136. The summed E-state index contributed by atoms with van der Waals surface area (Å²) in [5.41, 5.74) is 3.92. The van der Waals surface area contributed by atoms with Crippen molar-refractivity contribution in [1.82, 2.24) is 9.78 Å². The van der Waals surface area contributed by atoms with Crippen molar-refractivity contribution in [3.8, 4) is 11.8 Å². The number of para-hydroxylation sites is 1. The van der Waals surface area contributed by atoms with E-state index >= 15 is 0 Å². The number of methoxy groups -OCH3 is 1. The molecule has 0 aliphatic rings. The zero-order chi connectivity index (χ0) is 21.8. The fourth-order valence-corrected chi connectivity index (χ4v) is 3.19. The maximum absolute atomic E-state index is 12.8. The lowest BCUT2D eigenvalue weighted by molar-refractivity contribution is 0.262. The highest BCUT2D eigenvalue weighted by molar-refractivity contribution is 6.01. The Balaban J connectivity index is 1.84. The van der Waals surface area contributed by atoms with Crippen LogP contribution in [-0.4, -0.2) is 22.9 Å². The Morgan fingerprint density at radius 3 is 2.23 bits per heavy atom. The summed E-state index contributed by atoms with van der Waals surface area (Å²) in [5.74, 6) is -0.159. The summed E-state index contributed by atoms with van der Waals surface area (Å²) in [6.45, 7) is 8.37. The second-order valence-corrected chi connectivity index (χ2v) is 7.50. The SMILES string of the molecule is COc1nn(-c2cccc(NC(=O)Nc3c(C(C)C)cccc3C(C)C)c2)c(=O)o1. The highest BCUT2D eigenvalue weighted by Crippen LogP contribution is 2.32. The van der Waals surface area contributed by atoms with Crippen LogP contribution in [-0.2, 0) is 0 Å². The monoisotopic (exact) mass is 410 g/mol. The Kier molecular flexibility index (Phi) is 6.25. The number of nitrogens with zero attached hydrogens (tertiary/aromatic N) is 2. The molecule has 0 spiro atoms. The number of carbonyl (C=O) groups excluding carboxylic acids is 1. The van der Waals surface area contributed by atoms with E-state index in [9.17, 15) is 9.59 Å². The van der Waals surface area contributed by atoms with Crippen molar-refractivity contribution >= 4 is 17.4 Å². The van der Waals surface area contributed by atoms with E-state index in [4.69, 9.17) is 9.15 Å². The number of hydrogen-bond donors (Lipinski definition) is 2. The number of hydrogen-bond acceptors (Lipinski definition) is 5. The van der Waals surface area contributed by atoms with Crippen LogP contribution in [0.3, 0.4) is 0 Å². The van der Waals surface area contributed by atoms with Gasteiger partial charge in [-0.3, -0.25) is 0 Å². The molecule has 0 unspecified atom stereocenters. The number of urea groups is 1. The Hall–Kier alpha value is -3.55. The molecule has 0 atom stereocenters. The molecule has 2 amide bonds. The number of aromatic nitrogens is 2. The first-order valence-electron chi connectivity index (χ1n) is 9.75. The quantitative estimate of drug-likeness (QED) is 0.612. The predicted molar refractivity (Wildman–Crippen MR) is 116 cm³/mol.